The SMILES string of the molecule is O=[N+]([O-])c1cccc(/C=N\n2c(-c3cccc(F)c3)n[nH]c2=S)c1. The Labute approximate surface area is 140 Å². The summed E-state index contributed by atoms with van der Waals surface area (Å²) in [5, 5.41) is 21.6. The summed E-state index contributed by atoms with van der Waals surface area (Å²) in [7, 11) is 0. The van der Waals surface area contributed by atoms with Gasteiger partial charge >= 0.3 is 0 Å². The third-order valence-electron chi connectivity index (χ3n) is 3.14. The molecule has 120 valence electrons. The van der Waals surface area contributed by atoms with Crippen LogP contribution in [0.5, 0.6) is 0 Å². The van der Waals surface area contributed by atoms with E-state index in [2.05, 4.69) is 15.3 Å². The highest BCUT2D eigenvalue weighted by Crippen LogP contribution is 2.18. The number of nitro groups is 1. The zero-order valence-corrected chi connectivity index (χ0v) is 12.9. The number of non-ortho nitro benzene ring substituents is 1. The molecule has 1 heterocycles. The summed E-state index contributed by atoms with van der Waals surface area (Å²) < 4.78 is 14.9. The van der Waals surface area contributed by atoms with Gasteiger partial charge in [0.15, 0.2) is 5.82 Å². The quantitative estimate of drug-likeness (QED) is 0.340. The molecule has 0 spiro atoms. The minimum atomic E-state index is -0.487. The number of aromatic nitrogens is 3. The van der Waals surface area contributed by atoms with Gasteiger partial charge in [0.05, 0.1) is 11.1 Å². The molecule has 2 aromatic carbocycles. The highest BCUT2D eigenvalue weighted by molar-refractivity contribution is 7.71. The average Bonchev–Trinajstić information content (AvgIpc) is 2.94. The number of aromatic amines is 1. The molecule has 0 saturated heterocycles. The Kier molecular flexibility index (Phi) is 4.25. The van der Waals surface area contributed by atoms with Gasteiger partial charge in [-0.05, 0) is 24.4 Å². The van der Waals surface area contributed by atoms with Gasteiger partial charge in [-0.25, -0.2) is 9.49 Å². The molecule has 0 atom stereocenters. The Morgan fingerprint density at radius 2 is 2.08 bits per heavy atom. The van der Waals surface area contributed by atoms with E-state index in [0.29, 0.717) is 17.0 Å². The second-order valence-electron chi connectivity index (χ2n) is 4.77. The van der Waals surface area contributed by atoms with Gasteiger partial charge in [-0.3, -0.25) is 10.1 Å². The Morgan fingerprint density at radius 1 is 1.29 bits per heavy atom. The fraction of sp³-hybridized carbons (Fsp3) is 0. The van der Waals surface area contributed by atoms with E-state index >= 15 is 0 Å². The topological polar surface area (TPSA) is 89.1 Å². The molecule has 0 aliphatic carbocycles. The lowest BCUT2D eigenvalue weighted by atomic mass is 10.2. The maximum atomic E-state index is 13.4. The molecule has 0 unspecified atom stereocenters. The van der Waals surface area contributed by atoms with E-state index in [9.17, 15) is 14.5 Å². The zero-order valence-electron chi connectivity index (χ0n) is 12.1. The van der Waals surface area contributed by atoms with Crippen molar-refractivity contribution in [2.45, 2.75) is 0 Å². The highest BCUT2D eigenvalue weighted by atomic mass is 32.1. The molecule has 0 radical (unpaired) electrons. The van der Waals surface area contributed by atoms with Gasteiger partial charge in [0.2, 0.25) is 4.77 Å². The van der Waals surface area contributed by atoms with Gasteiger partial charge in [-0.2, -0.15) is 14.9 Å². The van der Waals surface area contributed by atoms with Crippen molar-refractivity contribution >= 4 is 24.1 Å². The van der Waals surface area contributed by atoms with Crippen LogP contribution in [0.3, 0.4) is 0 Å². The molecular formula is C15H10FN5O2S. The summed E-state index contributed by atoms with van der Waals surface area (Å²) in [6.45, 7) is 0. The number of rotatable bonds is 4. The number of nitrogens with one attached hydrogen (secondary N) is 1. The van der Waals surface area contributed by atoms with Crippen molar-refractivity contribution in [3.05, 3.63) is 74.8 Å². The Morgan fingerprint density at radius 3 is 2.83 bits per heavy atom. The zero-order chi connectivity index (χ0) is 17.1. The van der Waals surface area contributed by atoms with Crippen molar-refractivity contribution in [2.75, 3.05) is 0 Å². The highest BCUT2D eigenvalue weighted by Gasteiger charge is 2.09. The van der Waals surface area contributed by atoms with Gasteiger partial charge < -0.3 is 0 Å². The third-order valence-corrected chi connectivity index (χ3v) is 3.40. The largest absolute Gasteiger partial charge is 0.270 e. The minimum absolute atomic E-state index is 0.0416. The number of halogens is 1. The van der Waals surface area contributed by atoms with Gasteiger partial charge in [0.1, 0.15) is 5.82 Å². The number of hydrogen-bond acceptors (Lipinski definition) is 5. The summed E-state index contributed by atoms with van der Waals surface area (Å²) in [4.78, 5) is 10.3. The summed E-state index contributed by atoms with van der Waals surface area (Å²) in [6, 6.07) is 11.9. The molecular weight excluding hydrogens is 333 g/mol. The van der Waals surface area contributed by atoms with Crippen LogP contribution in [0.2, 0.25) is 0 Å². The van der Waals surface area contributed by atoms with Crippen molar-refractivity contribution in [1.29, 1.82) is 0 Å². The summed E-state index contributed by atoms with van der Waals surface area (Å²) in [5.74, 6) is -0.0724. The molecule has 1 N–H and O–H groups in total. The van der Waals surface area contributed by atoms with Crippen LogP contribution in [0.1, 0.15) is 5.56 Å². The Bertz CT molecular complexity index is 995. The molecule has 24 heavy (non-hydrogen) atoms. The molecule has 0 saturated carbocycles. The molecule has 3 rings (SSSR count). The maximum Gasteiger partial charge on any atom is 0.270 e. The van der Waals surface area contributed by atoms with E-state index in [-0.39, 0.29) is 10.5 Å². The van der Waals surface area contributed by atoms with Crippen LogP contribution in [-0.2, 0) is 0 Å². The second-order valence-corrected chi connectivity index (χ2v) is 5.16. The molecule has 7 nitrogen and oxygen atoms in total. The molecule has 1 aromatic heterocycles. The smallest absolute Gasteiger partial charge is 0.258 e. The van der Waals surface area contributed by atoms with Crippen LogP contribution >= 0.6 is 12.2 Å². The average molecular weight is 343 g/mol. The lowest BCUT2D eigenvalue weighted by Gasteiger charge is -2.01. The molecule has 0 bridgehead atoms. The predicted octanol–water partition coefficient (Wildman–Crippen LogP) is 3.54. The van der Waals surface area contributed by atoms with Crippen LogP contribution in [-0.4, -0.2) is 26.0 Å². The van der Waals surface area contributed by atoms with Crippen molar-refractivity contribution in [1.82, 2.24) is 14.9 Å². The maximum absolute atomic E-state index is 13.4. The first kappa shape index (κ1) is 15.7. The summed E-state index contributed by atoms with van der Waals surface area (Å²) >= 11 is 5.12. The number of hydrogen-bond donors (Lipinski definition) is 1. The lowest BCUT2D eigenvalue weighted by molar-refractivity contribution is -0.384. The van der Waals surface area contributed by atoms with Gasteiger partial charge in [-0.15, -0.1) is 0 Å². The van der Waals surface area contributed by atoms with E-state index in [1.165, 1.54) is 35.2 Å². The summed E-state index contributed by atoms with van der Waals surface area (Å²) in [5.41, 5.74) is 0.983. The molecule has 0 amide bonds. The number of nitro benzene ring substituents is 1. The van der Waals surface area contributed by atoms with E-state index < -0.39 is 10.7 Å². The second kappa shape index (κ2) is 6.50. The van der Waals surface area contributed by atoms with Crippen LogP contribution in [0, 0.1) is 20.7 Å². The van der Waals surface area contributed by atoms with E-state index in [4.69, 9.17) is 12.2 Å². The van der Waals surface area contributed by atoms with Crippen LogP contribution < -0.4 is 0 Å². The number of H-pyrrole nitrogens is 1. The van der Waals surface area contributed by atoms with Crippen molar-refractivity contribution in [3.8, 4) is 11.4 Å². The van der Waals surface area contributed by atoms with Gasteiger partial charge in [-0.1, -0.05) is 24.3 Å². The third kappa shape index (κ3) is 3.25. The molecule has 9 heteroatoms. The van der Waals surface area contributed by atoms with Crippen molar-refractivity contribution < 1.29 is 9.31 Å². The fourth-order valence-corrected chi connectivity index (χ4v) is 2.24. The van der Waals surface area contributed by atoms with Crippen LogP contribution in [0.25, 0.3) is 11.4 Å². The monoisotopic (exact) mass is 343 g/mol. The first-order valence-electron chi connectivity index (χ1n) is 6.77. The first-order valence-corrected chi connectivity index (χ1v) is 7.17. The summed E-state index contributed by atoms with van der Waals surface area (Å²) in [6.07, 6.45) is 1.42. The molecule has 0 aliphatic rings. The molecule has 0 fully saturated rings. The normalized spacial score (nSPS) is 11.0. The van der Waals surface area contributed by atoms with E-state index in [1.807, 2.05) is 0 Å². The van der Waals surface area contributed by atoms with Gasteiger partial charge in [0.25, 0.3) is 5.69 Å². The lowest BCUT2D eigenvalue weighted by Crippen LogP contribution is -1.96. The standard InChI is InChI=1S/C15H10FN5O2S/c16-12-5-2-4-11(8-12)14-18-19-15(24)20(14)17-9-10-3-1-6-13(7-10)21(22)23/h1-9H,(H,19,24)/b17-9-. The number of nitrogens with zero attached hydrogens (tertiary/aromatic N) is 4. The van der Waals surface area contributed by atoms with Crippen LogP contribution in [0.15, 0.2) is 53.6 Å². The molecule has 0 aliphatic heterocycles. The fourth-order valence-electron chi connectivity index (χ4n) is 2.06. The van der Waals surface area contributed by atoms with Gasteiger partial charge in [0, 0.05) is 23.3 Å². The van der Waals surface area contributed by atoms with E-state index in [0.717, 1.165) is 0 Å². The van der Waals surface area contributed by atoms with E-state index in [1.54, 1.807) is 24.3 Å². The Hall–Kier alpha value is -3.20. The van der Waals surface area contributed by atoms with Crippen LogP contribution in [0.4, 0.5) is 10.1 Å². The number of benzene rings is 2. The minimum Gasteiger partial charge on any atom is -0.258 e. The Balaban J connectivity index is 1.99. The van der Waals surface area contributed by atoms with Crippen molar-refractivity contribution in [3.63, 3.8) is 0 Å². The first-order chi connectivity index (χ1) is 11.5. The van der Waals surface area contributed by atoms with Crippen molar-refractivity contribution in [2.24, 2.45) is 5.10 Å². The predicted molar refractivity (Wildman–Crippen MR) is 88.9 cm³/mol. The molecule has 3 aromatic rings.